The molecule has 4 heteroatoms. The van der Waals surface area contributed by atoms with Crippen molar-refractivity contribution in [1.82, 2.24) is 9.78 Å². The summed E-state index contributed by atoms with van der Waals surface area (Å²) < 4.78 is 7.51. The molecule has 0 spiro atoms. The van der Waals surface area contributed by atoms with Crippen LogP contribution in [0.1, 0.15) is 11.1 Å². The van der Waals surface area contributed by atoms with Gasteiger partial charge in [0.1, 0.15) is 5.75 Å². The fraction of sp³-hybridized carbons (Fsp3) is 0.308. The van der Waals surface area contributed by atoms with Crippen LogP contribution in [-0.4, -0.2) is 16.3 Å². The molecule has 0 amide bonds. The molecule has 1 aromatic heterocycles. The molecule has 0 aliphatic rings. The van der Waals surface area contributed by atoms with Gasteiger partial charge < -0.3 is 10.5 Å². The molecular formula is C13H17N3O. The van der Waals surface area contributed by atoms with E-state index in [1.54, 1.807) is 10.9 Å². The Morgan fingerprint density at radius 3 is 2.88 bits per heavy atom. The Labute approximate surface area is 101 Å². The lowest BCUT2D eigenvalue weighted by Gasteiger charge is -2.09. The van der Waals surface area contributed by atoms with Gasteiger partial charge in [0.05, 0.1) is 12.4 Å². The van der Waals surface area contributed by atoms with Crippen LogP contribution < -0.4 is 10.5 Å². The van der Waals surface area contributed by atoms with E-state index in [1.807, 2.05) is 25.4 Å². The van der Waals surface area contributed by atoms with E-state index in [0.29, 0.717) is 6.54 Å². The summed E-state index contributed by atoms with van der Waals surface area (Å²) in [6.45, 7) is 2.68. The lowest BCUT2D eigenvalue weighted by atomic mass is 10.1. The van der Waals surface area contributed by atoms with E-state index in [9.17, 15) is 0 Å². The van der Waals surface area contributed by atoms with E-state index in [2.05, 4.69) is 18.1 Å². The van der Waals surface area contributed by atoms with Gasteiger partial charge >= 0.3 is 0 Å². The molecule has 0 saturated carbocycles. The highest BCUT2D eigenvalue weighted by Crippen LogP contribution is 2.26. The van der Waals surface area contributed by atoms with Crippen molar-refractivity contribution in [2.45, 2.75) is 13.3 Å². The summed E-state index contributed by atoms with van der Waals surface area (Å²) >= 11 is 0. The quantitative estimate of drug-likeness (QED) is 0.875. The van der Waals surface area contributed by atoms with Crippen LogP contribution >= 0.6 is 0 Å². The molecule has 90 valence electrons. The average Bonchev–Trinajstić information content (AvgIpc) is 2.69. The van der Waals surface area contributed by atoms with E-state index >= 15 is 0 Å². The van der Waals surface area contributed by atoms with Gasteiger partial charge in [-0.25, -0.2) is 0 Å². The molecule has 17 heavy (non-hydrogen) atoms. The van der Waals surface area contributed by atoms with Crippen LogP contribution in [-0.2, 0) is 13.5 Å². The molecular weight excluding hydrogens is 214 g/mol. The highest BCUT2D eigenvalue weighted by molar-refractivity contribution is 5.39. The van der Waals surface area contributed by atoms with Gasteiger partial charge in [-0.15, -0.1) is 0 Å². The number of aromatic nitrogens is 2. The number of hydrogen-bond donors (Lipinski definition) is 1. The zero-order valence-electron chi connectivity index (χ0n) is 10.2. The summed E-state index contributed by atoms with van der Waals surface area (Å²) in [5.41, 5.74) is 7.96. The highest BCUT2D eigenvalue weighted by Gasteiger charge is 2.06. The molecule has 0 aliphatic carbocycles. The first-order valence-corrected chi connectivity index (χ1v) is 5.65. The van der Waals surface area contributed by atoms with E-state index in [1.165, 1.54) is 5.56 Å². The number of hydrogen-bond acceptors (Lipinski definition) is 3. The van der Waals surface area contributed by atoms with Gasteiger partial charge in [0.2, 0.25) is 0 Å². The molecule has 2 N–H and O–H groups in total. The first-order chi connectivity index (χ1) is 8.19. The predicted molar refractivity (Wildman–Crippen MR) is 67.2 cm³/mol. The Morgan fingerprint density at radius 1 is 1.41 bits per heavy atom. The third kappa shape index (κ3) is 2.85. The molecule has 2 aromatic rings. The van der Waals surface area contributed by atoms with Crippen LogP contribution in [0.2, 0.25) is 0 Å². The van der Waals surface area contributed by atoms with Crippen molar-refractivity contribution in [1.29, 1.82) is 0 Å². The van der Waals surface area contributed by atoms with E-state index < -0.39 is 0 Å². The van der Waals surface area contributed by atoms with Gasteiger partial charge in [0, 0.05) is 7.05 Å². The first-order valence-electron chi connectivity index (χ1n) is 5.65. The smallest absolute Gasteiger partial charge is 0.165 e. The van der Waals surface area contributed by atoms with Crippen LogP contribution in [0.4, 0.5) is 0 Å². The Bertz CT molecular complexity index is 505. The van der Waals surface area contributed by atoms with Gasteiger partial charge in [0.15, 0.2) is 5.75 Å². The topological polar surface area (TPSA) is 53.1 Å². The summed E-state index contributed by atoms with van der Waals surface area (Å²) in [6, 6.07) is 6.12. The maximum Gasteiger partial charge on any atom is 0.165 e. The van der Waals surface area contributed by atoms with Gasteiger partial charge in [-0.3, -0.25) is 4.68 Å². The van der Waals surface area contributed by atoms with Gasteiger partial charge in [-0.2, -0.15) is 5.10 Å². The maximum atomic E-state index is 5.80. The summed E-state index contributed by atoms with van der Waals surface area (Å²) in [4.78, 5) is 0. The van der Waals surface area contributed by atoms with Crippen molar-refractivity contribution in [3.8, 4) is 11.5 Å². The molecule has 2 rings (SSSR count). The fourth-order valence-electron chi connectivity index (χ4n) is 1.74. The fourth-order valence-corrected chi connectivity index (χ4v) is 1.74. The van der Waals surface area contributed by atoms with Gasteiger partial charge in [-0.05, 0) is 31.5 Å². The number of rotatable bonds is 4. The number of benzene rings is 1. The van der Waals surface area contributed by atoms with Crippen LogP contribution in [0.25, 0.3) is 0 Å². The van der Waals surface area contributed by atoms with Crippen LogP contribution in [0.15, 0.2) is 30.6 Å². The van der Waals surface area contributed by atoms with Crippen molar-refractivity contribution in [2.24, 2.45) is 12.8 Å². The predicted octanol–water partition coefficient (Wildman–Crippen LogP) is 2.02. The molecule has 0 bridgehead atoms. The van der Waals surface area contributed by atoms with E-state index in [4.69, 9.17) is 10.5 Å². The average molecular weight is 231 g/mol. The van der Waals surface area contributed by atoms with E-state index in [0.717, 1.165) is 23.5 Å². The summed E-state index contributed by atoms with van der Waals surface area (Å²) in [6.07, 6.45) is 4.36. The molecule has 0 atom stereocenters. The summed E-state index contributed by atoms with van der Waals surface area (Å²) in [5.74, 6) is 1.60. The minimum Gasteiger partial charge on any atom is -0.454 e. The molecule has 1 aromatic carbocycles. The Kier molecular flexibility index (Phi) is 3.44. The lowest BCUT2D eigenvalue weighted by molar-refractivity contribution is 0.475. The number of ether oxygens (including phenoxy) is 1. The molecule has 4 nitrogen and oxygen atoms in total. The van der Waals surface area contributed by atoms with Crippen LogP contribution in [0.5, 0.6) is 11.5 Å². The first kappa shape index (κ1) is 11.7. The molecule has 0 unspecified atom stereocenters. The highest BCUT2D eigenvalue weighted by atomic mass is 16.5. The normalized spacial score (nSPS) is 10.5. The molecule has 0 saturated heterocycles. The standard InChI is InChI=1S/C13H17N3O/c1-10-3-4-13(11(7-10)5-6-14)17-12-8-15-16(2)9-12/h3-4,7-9H,5-6,14H2,1-2H3. The zero-order valence-corrected chi connectivity index (χ0v) is 10.2. The summed E-state index contributed by atoms with van der Waals surface area (Å²) in [5, 5.41) is 4.07. The number of aryl methyl sites for hydroxylation is 2. The molecule has 0 fully saturated rings. The number of nitrogens with two attached hydrogens (primary N) is 1. The molecule has 1 heterocycles. The SMILES string of the molecule is Cc1ccc(Oc2cnn(C)c2)c(CCN)c1. The molecule has 0 radical (unpaired) electrons. The minimum absolute atomic E-state index is 0.618. The maximum absolute atomic E-state index is 5.80. The van der Waals surface area contributed by atoms with Gasteiger partial charge in [-0.1, -0.05) is 17.7 Å². The monoisotopic (exact) mass is 231 g/mol. The van der Waals surface area contributed by atoms with Crippen molar-refractivity contribution in [3.05, 3.63) is 41.7 Å². The van der Waals surface area contributed by atoms with Crippen molar-refractivity contribution in [2.75, 3.05) is 6.54 Å². The second-order valence-electron chi connectivity index (χ2n) is 4.10. The van der Waals surface area contributed by atoms with E-state index in [-0.39, 0.29) is 0 Å². The number of nitrogens with zero attached hydrogens (tertiary/aromatic N) is 2. The lowest BCUT2D eigenvalue weighted by Crippen LogP contribution is -2.04. The largest absolute Gasteiger partial charge is 0.454 e. The Hall–Kier alpha value is -1.81. The summed E-state index contributed by atoms with van der Waals surface area (Å²) in [7, 11) is 1.86. The second kappa shape index (κ2) is 5.01. The van der Waals surface area contributed by atoms with Crippen LogP contribution in [0.3, 0.4) is 0 Å². The Balaban J connectivity index is 2.25. The van der Waals surface area contributed by atoms with Crippen LogP contribution in [0, 0.1) is 6.92 Å². The third-order valence-electron chi connectivity index (χ3n) is 2.54. The van der Waals surface area contributed by atoms with Crippen molar-refractivity contribution >= 4 is 0 Å². The second-order valence-corrected chi connectivity index (χ2v) is 4.10. The molecule has 0 aliphatic heterocycles. The Morgan fingerprint density at radius 2 is 2.24 bits per heavy atom. The minimum atomic E-state index is 0.618. The third-order valence-corrected chi connectivity index (χ3v) is 2.54. The van der Waals surface area contributed by atoms with Crippen molar-refractivity contribution < 1.29 is 4.74 Å². The van der Waals surface area contributed by atoms with Gasteiger partial charge in [0.25, 0.3) is 0 Å². The zero-order chi connectivity index (χ0) is 12.3. The van der Waals surface area contributed by atoms with Crippen molar-refractivity contribution in [3.63, 3.8) is 0 Å².